The summed E-state index contributed by atoms with van der Waals surface area (Å²) in [6.07, 6.45) is 2.95. The minimum atomic E-state index is -0.270. The molecule has 88 valence electrons. The van der Waals surface area contributed by atoms with Gasteiger partial charge in [0.1, 0.15) is 0 Å². The summed E-state index contributed by atoms with van der Waals surface area (Å²) >= 11 is 0. The first-order chi connectivity index (χ1) is 8.68. The number of aromatic nitrogens is 2. The molecule has 4 nitrogen and oxygen atoms in total. The van der Waals surface area contributed by atoms with Crippen LogP contribution < -0.4 is 11.0 Å². The fourth-order valence-electron chi connectivity index (χ4n) is 2.12. The number of benzene rings is 1. The van der Waals surface area contributed by atoms with E-state index in [2.05, 4.69) is 9.97 Å². The molecule has 0 amide bonds. The van der Waals surface area contributed by atoms with Crippen LogP contribution in [0.3, 0.4) is 0 Å². The van der Waals surface area contributed by atoms with Crippen molar-refractivity contribution in [1.29, 1.82) is 0 Å². The van der Waals surface area contributed by atoms with Gasteiger partial charge in [-0.25, -0.2) is 0 Å². The van der Waals surface area contributed by atoms with Crippen LogP contribution in [0.1, 0.15) is 5.56 Å². The zero-order valence-electron chi connectivity index (χ0n) is 9.73. The number of aromatic amines is 1. The van der Waals surface area contributed by atoms with Gasteiger partial charge in [0.05, 0.1) is 16.3 Å². The minimum Gasteiger partial charge on any atom is -0.321 e. The molecule has 0 spiro atoms. The molecule has 2 heterocycles. The van der Waals surface area contributed by atoms with Crippen LogP contribution in [0.2, 0.25) is 0 Å². The number of hydrogen-bond donors (Lipinski definition) is 1. The van der Waals surface area contributed by atoms with Crippen LogP contribution in [0.4, 0.5) is 0 Å². The van der Waals surface area contributed by atoms with Crippen LogP contribution in [-0.2, 0) is 0 Å². The monoisotopic (exact) mass is 238 g/mol. The van der Waals surface area contributed by atoms with E-state index in [0.717, 1.165) is 5.56 Å². The Hall–Kier alpha value is -2.49. The Labute approximate surface area is 102 Å². The molecule has 2 aromatic heterocycles. The predicted octanol–water partition coefficient (Wildman–Crippen LogP) is 1.74. The molecule has 0 saturated heterocycles. The van der Waals surface area contributed by atoms with Gasteiger partial charge in [-0.15, -0.1) is 0 Å². The summed E-state index contributed by atoms with van der Waals surface area (Å²) in [5, 5.41) is 1.22. The first-order valence-corrected chi connectivity index (χ1v) is 5.58. The van der Waals surface area contributed by atoms with Gasteiger partial charge in [0.15, 0.2) is 5.43 Å². The van der Waals surface area contributed by atoms with E-state index >= 15 is 0 Å². The maximum atomic E-state index is 12.4. The Morgan fingerprint density at radius 3 is 2.72 bits per heavy atom. The maximum absolute atomic E-state index is 12.4. The van der Waals surface area contributed by atoms with Gasteiger partial charge >= 0.3 is 0 Å². The number of hydrogen-bond acceptors (Lipinski definition) is 3. The number of H-pyrrole nitrogens is 1. The smallest absolute Gasteiger partial charge is 0.256 e. The Balaban J connectivity index is 2.79. The molecule has 1 aromatic carbocycles. The van der Waals surface area contributed by atoms with Gasteiger partial charge in [0, 0.05) is 17.8 Å². The van der Waals surface area contributed by atoms with Gasteiger partial charge < -0.3 is 4.98 Å². The Morgan fingerprint density at radius 2 is 1.89 bits per heavy atom. The van der Waals surface area contributed by atoms with Gasteiger partial charge in [0.25, 0.3) is 5.56 Å². The van der Waals surface area contributed by atoms with Crippen molar-refractivity contribution in [3.05, 3.63) is 62.8 Å². The molecule has 0 unspecified atom stereocenters. The summed E-state index contributed by atoms with van der Waals surface area (Å²) < 4.78 is 0. The highest BCUT2D eigenvalue weighted by molar-refractivity contribution is 5.91. The summed E-state index contributed by atoms with van der Waals surface area (Å²) in [5.74, 6) is 0. The molecule has 18 heavy (non-hydrogen) atoms. The largest absolute Gasteiger partial charge is 0.321 e. The Kier molecular flexibility index (Phi) is 2.23. The molecule has 0 aliphatic carbocycles. The summed E-state index contributed by atoms with van der Waals surface area (Å²) in [5.41, 5.74) is 1.02. The second kappa shape index (κ2) is 3.77. The molecule has 1 N–H and O–H groups in total. The first kappa shape index (κ1) is 10.7. The molecule has 0 bridgehead atoms. The number of para-hydroxylation sites is 1. The van der Waals surface area contributed by atoms with E-state index in [9.17, 15) is 9.59 Å². The zero-order valence-corrected chi connectivity index (χ0v) is 9.73. The zero-order chi connectivity index (χ0) is 12.7. The van der Waals surface area contributed by atoms with E-state index in [1.807, 2.05) is 13.0 Å². The highest BCUT2D eigenvalue weighted by Gasteiger charge is 2.06. The Morgan fingerprint density at radius 1 is 1.06 bits per heavy atom. The molecule has 0 fully saturated rings. The van der Waals surface area contributed by atoms with Crippen molar-refractivity contribution in [2.45, 2.75) is 6.92 Å². The third-order valence-corrected chi connectivity index (χ3v) is 3.07. The van der Waals surface area contributed by atoms with Crippen LogP contribution in [0, 0.1) is 6.92 Å². The summed E-state index contributed by atoms with van der Waals surface area (Å²) in [6, 6.07) is 6.94. The van der Waals surface area contributed by atoms with E-state index in [0.29, 0.717) is 21.7 Å². The molecular weight excluding hydrogens is 228 g/mol. The molecule has 3 aromatic rings. The first-order valence-electron chi connectivity index (χ1n) is 5.58. The topological polar surface area (TPSA) is 62.8 Å². The fraction of sp³-hybridized carbons (Fsp3) is 0.0714. The van der Waals surface area contributed by atoms with Crippen molar-refractivity contribution < 1.29 is 0 Å². The number of fused-ring (bicyclic) bond motifs is 2. The van der Waals surface area contributed by atoms with Crippen LogP contribution in [0.25, 0.3) is 21.7 Å². The molecule has 3 rings (SSSR count). The molecule has 4 heteroatoms. The molecular formula is C14H10N2O2. The van der Waals surface area contributed by atoms with E-state index in [4.69, 9.17) is 0 Å². The van der Waals surface area contributed by atoms with E-state index in [1.165, 1.54) is 12.4 Å². The number of aryl methyl sites for hydroxylation is 1. The van der Waals surface area contributed by atoms with Crippen LogP contribution >= 0.6 is 0 Å². The van der Waals surface area contributed by atoms with Crippen LogP contribution in [-0.4, -0.2) is 9.97 Å². The highest BCUT2D eigenvalue weighted by Crippen LogP contribution is 2.12. The lowest BCUT2D eigenvalue weighted by Gasteiger charge is -1.95. The highest BCUT2D eigenvalue weighted by atomic mass is 16.1. The number of nitrogens with zero attached hydrogens (tertiary/aromatic N) is 1. The van der Waals surface area contributed by atoms with Crippen molar-refractivity contribution in [3.8, 4) is 0 Å². The van der Waals surface area contributed by atoms with Crippen molar-refractivity contribution >= 4 is 21.7 Å². The summed E-state index contributed by atoms with van der Waals surface area (Å²) in [7, 11) is 0. The van der Waals surface area contributed by atoms with Crippen molar-refractivity contribution in [3.63, 3.8) is 0 Å². The van der Waals surface area contributed by atoms with Crippen molar-refractivity contribution in [1.82, 2.24) is 9.97 Å². The number of rotatable bonds is 0. The maximum Gasteiger partial charge on any atom is 0.256 e. The summed E-state index contributed by atoms with van der Waals surface area (Å²) in [6.45, 7) is 1.86. The number of nitrogens with one attached hydrogen (secondary N) is 1. The molecule has 0 atom stereocenters. The van der Waals surface area contributed by atoms with Gasteiger partial charge in [-0.1, -0.05) is 12.1 Å². The van der Waals surface area contributed by atoms with Gasteiger partial charge in [-0.2, -0.15) is 0 Å². The van der Waals surface area contributed by atoms with Crippen molar-refractivity contribution in [2.24, 2.45) is 0 Å². The standard InChI is InChI=1S/C14H10N2O2/c1-8-3-2-4-10-12(8)16-14(18)9-5-6-15-7-11(9)13(10)17/h2-7H,1H3,(H,16,18). The molecule has 0 radical (unpaired) electrons. The normalized spacial score (nSPS) is 10.9. The molecule has 0 saturated carbocycles. The second-order valence-corrected chi connectivity index (χ2v) is 4.20. The van der Waals surface area contributed by atoms with Gasteiger partial charge in [-0.05, 0) is 24.6 Å². The van der Waals surface area contributed by atoms with Crippen LogP contribution in [0.5, 0.6) is 0 Å². The fourth-order valence-corrected chi connectivity index (χ4v) is 2.12. The van der Waals surface area contributed by atoms with E-state index < -0.39 is 0 Å². The Bertz CT molecular complexity index is 882. The molecule has 0 aliphatic heterocycles. The van der Waals surface area contributed by atoms with Gasteiger partial charge in [-0.3, -0.25) is 14.6 Å². The summed E-state index contributed by atoms with van der Waals surface area (Å²) in [4.78, 5) is 31.2. The average molecular weight is 238 g/mol. The third kappa shape index (κ3) is 1.43. The molecule has 0 aliphatic rings. The predicted molar refractivity (Wildman–Crippen MR) is 70.9 cm³/mol. The number of pyridine rings is 1. The average Bonchev–Trinajstić information content (AvgIpc) is 2.49. The minimum absolute atomic E-state index is 0.171. The third-order valence-electron chi connectivity index (χ3n) is 3.07. The lowest BCUT2D eigenvalue weighted by Crippen LogP contribution is -2.03. The lowest BCUT2D eigenvalue weighted by atomic mass is 10.1. The van der Waals surface area contributed by atoms with Gasteiger partial charge in [0.2, 0.25) is 0 Å². The second-order valence-electron chi connectivity index (χ2n) is 4.20. The van der Waals surface area contributed by atoms with E-state index in [-0.39, 0.29) is 11.0 Å². The van der Waals surface area contributed by atoms with Crippen molar-refractivity contribution in [2.75, 3.05) is 0 Å². The van der Waals surface area contributed by atoms with Crippen LogP contribution in [0.15, 0.2) is 46.2 Å². The lowest BCUT2D eigenvalue weighted by molar-refractivity contribution is 1.31. The SMILES string of the molecule is Cc1cccc2c(=O)c3cnccc3c(=O)[nH]c12. The van der Waals surface area contributed by atoms with E-state index in [1.54, 1.807) is 18.2 Å². The quantitative estimate of drug-likeness (QED) is 0.649.